The lowest BCUT2D eigenvalue weighted by atomic mass is 9.82. The zero-order chi connectivity index (χ0) is 12.9. The Morgan fingerprint density at radius 1 is 1.28 bits per heavy atom. The third-order valence-corrected chi connectivity index (χ3v) is 4.21. The first kappa shape index (κ1) is 11.7. The predicted molar refractivity (Wildman–Crippen MR) is 72.1 cm³/mol. The number of carbonyl (C=O) groups is 1. The minimum absolute atomic E-state index is 0.0998. The topological polar surface area (TPSA) is 41.1 Å². The maximum atomic E-state index is 12.2. The Kier molecular flexibility index (Phi) is 2.67. The van der Waals surface area contributed by atoms with Crippen LogP contribution in [0.4, 0.5) is 0 Å². The molecule has 0 radical (unpaired) electrons. The molecule has 3 heteroatoms. The molecule has 2 heterocycles. The van der Waals surface area contributed by atoms with Gasteiger partial charge in [0.1, 0.15) is 0 Å². The van der Waals surface area contributed by atoms with E-state index < -0.39 is 0 Å². The van der Waals surface area contributed by atoms with Gasteiger partial charge in [0.2, 0.25) is 0 Å². The Balaban J connectivity index is 2.17. The number of carbonyl (C=O) groups excluding carboxylic acids is 1. The van der Waals surface area contributed by atoms with Gasteiger partial charge in [-0.15, -0.1) is 0 Å². The molecule has 2 N–H and O–H groups in total. The molecular weight excluding hydrogens is 224 g/mol. The van der Waals surface area contributed by atoms with Crippen LogP contribution in [-0.2, 0) is 0 Å². The van der Waals surface area contributed by atoms with Crippen LogP contribution in [0.25, 0.3) is 0 Å². The highest BCUT2D eigenvalue weighted by Crippen LogP contribution is 2.34. The molecule has 2 aliphatic heterocycles. The highest BCUT2D eigenvalue weighted by Gasteiger charge is 2.37. The molecule has 1 fully saturated rings. The van der Waals surface area contributed by atoms with Crippen molar-refractivity contribution < 1.29 is 4.79 Å². The molecule has 0 aromatic heterocycles. The summed E-state index contributed by atoms with van der Waals surface area (Å²) in [7, 11) is 0. The van der Waals surface area contributed by atoms with Crippen molar-refractivity contribution in [3.8, 4) is 0 Å². The molecule has 0 aliphatic carbocycles. The number of rotatable bonds is 1. The summed E-state index contributed by atoms with van der Waals surface area (Å²) in [6, 6.07) is 4.68. The van der Waals surface area contributed by atoms with Gasteiger partial charge in [-0.3, -0.25) is 4.79 Å². The third-order valence-electron chi connectivity index (χ3n) is 4.21. The van der Waals surface area contributed by atoms with Crippen LogP contribution in [0.2, 0.25) is 0 Å². The Morgan fingerprint density at radius 3 is 2.78 bits per heavy atom. The smallest absolute Gasteiger partial charge is 0.252 e. The lowest BCUT2D eigenvalue weighted by molar-refractivity contribution is 0.0923. The Hall–Kier alpha value is -1.35. The average molecular weight is 244 g/mol. The number of hydrogen-bond donors (Lipinski definition) is 2. The van der Waals surface area contributed by atoms with Gasteiger partial charge in [0.05, 0.1) is 0 Å². The molecule has 2 aliphatic rings. The zero-order valence-corrected chi connectivity index (χ0v) is 11.2. The number of amides is 1. The first-order chi connectivity index (χ1) is 8.58. The molecule has 1 aromatic rings. The van der Waals surface area contributed by atoms with Gasteiger partial charge in [-0.1, -0.05) is 26.0 Å². The van der Waals surface area contributed by atoms with Gasteiger partial charge < -0.3 is 10.6 Å². The molecule has 96 valence electrons. The van der Waals surface area contributed by atoms with Gasteiger partial charge in [-0.25, -0.2) is 0 Å². The summed E-state index contributed by atoms with van der Waals surface area (Å²) in [5, 5.41) is 6.50. The summed E-state index contributed by atoms with van der Waals surface area (Å²) in [6.07, 6.45) is 0. The molecule has 3 rings (SSSR count). The van der Waals surface area contributed by atoms with E-state index in [1.54, 1.807) is 0 Å². The van der Waals surface area contributed by atoms with E-state index in [-0.39, 0.29) is 11.9 Å². The van der Waals surface area contributed by atoms with E-state index in [2.05, 4.69) is 36.6 Å². The Labute approximate surface area is 108 Å². The molecule has 0 unspecified atom stereocenters. The molecular formula is C15H20N2O. The van der Waals surface area contributed by atoms with E-state index in [1.165, 1.54) is 11.1 Å². The fourth-order valence-corrected chi connectivity index (χ4v) is 3.18. The van der Waals surface area contributed by atoms with Crippen molar-refractivity contribution in [1.82, 2.24) is 10.6 Å². The second-order valence-electron chi connectivity index (χ2n) is 5.80. The minimum atomic E-state index is 0.0998. The fraction of sp³-hybridized carbons (Fsp3) is 0.533. The van der Waals surface area contributed by atoms with Crippen molar-refractivity contribution >= 4 is 5.91 Å². The Bertz CT molecular complexity index is 507. The van der Waals surface area contributed by atoms with Crippen LogP contribution < -0.4 is 10.6 Å². The zero-order valence-electron chi connectivity index (χ0n) is 11.2. The summed E-state index contributed by atoms with van der Waals surface area (Å²) in [5.74, 6) is 1.05. The van der Waals surface area contributed by atoms with Crippen LogP contribution in [0, 0.1) is 6.92 Å². The van der Waals surface area contributed by atoms with Gasteiger partial charge in [-0.2, -0.15) is 0 Å². The monoisotopic (exact) mass is 244 g/mol. The number of aryl methyl sites for hydroxylation is 1. The summed E-state index contributed by atoms with van der Waals surface area (Å²) in [5.41, 5.74) is 4.60. The molecule has 1 amide bonds. The summed E-state index contributed by atoms with van der Waals surface area (Å²) < 4.78 is 0. The summed E-state index contributed by atoms with van der Waals surface area (Å²) in [4.78, 5) is 12.2. The van der Waals surface area contributed by atoms with Gasteiger partial charge in [0.15, 0.2) is 0 Å². The van der Waals surface area contributed by atoms with E-state index >= 15 is 0 Å². The van der Waals surface area contributed by atoms with Crippen molar-refractivity contribution in [2.45, 2.75) is 38.6 Å². The highest BCUT2D eigenvalue weighted by atomic mass is 16.1. The normalized spacial score (nSPS) is 25.9. The predicted octanol–water partition coefficient (Wildman–Crippen LogP) is 1.92. The van der Waals surface area contributed by atoms with Crippen LogP contribution in [0.3, 0.4) is 0 Å². The van der Waals surface area contributed by atoms with Crippen molar-refractivity contribution in [3.63, 3.8) is 0 Å². The SMILES string of the molecule is Cc1cc(C(C)C)cc2c1C(=O)N[C@H]1CNC[C@H]21. The van der Waals surface area contributed by atoms with Crippen molar-refractivity contribution in [2.24, 2.45) is 0 Å². The summed E-state index contributed by atoms with van der Waals surface area (Å²) in [6.45, 7) is 8.32. The number of hydrogen-bond acceptors (Lipinski definition) is 2. The van der Waals surface area contributed by atoms with Crippen molar-refractivity contribution in [2.75, 3.05) is 13.1 Å². The van der Waals surface area contributed by atoms with Gasteiger partial charge in [0, 0.05) is 30.6 Å². The molecule has 1 saturated heterocycles. The maximum Gasteiger partial charge on any atom is 0.252 e. The standard InChI is InChI=1S/C15H20N2O/c1-8(2)10-4-9(3)14-11(5-10)12-6-16-7-13(12)17-15(14)18/h4-5,8,12-13,16H,6-7H2,1-3H3,(H,17,18)/t12-,13+/m1/s1. The fourth-order valence-electron chi connectivity index (χ4n) is 3.18. The second kappa shape index (κ2) is 4.09. The first-order valence-electron chi connectivity index (χ1n) is 6.74. The lowest BCUT2D eigenvalue weighted by Gasteiger charge is -2.30. The van der Waals surface area contributed by atoms with Crippen LogP contribution in [-0.4, -0.2) is 25.0 Å². The molecule has 0 saturated carbocycles. The molecule has 1 aromatic carbocycles. The first-order valence-corrected chi connectivity index (χ1v) is 6.74. The molecule has 18 heavy (non-hydrogen) atoms. The second-order valence-corrected chi connectivity index (χ2v) is 5.80. The van der Waals surface area contributed by atoms with Crippen LogP contribution >= 0.6 is 0 Å². The number of fused-ring (bicyclic) bond motifs is 3. The Morgan fingerprint density at radius 2 is 2.06 bits per heavy atom. The van der Waals surface area contributed by atoms with Crippen LogP contribution in [0.5, 0.6) is 0 Å². The maximum absolute atomic E-state index is 12.2. The highest BCUT2D eigenvalue weighted by molar-refractivity contribution is 5.99. The van der Waals surface area contributed by atoms with Crippen molar-refractivity contribution in [3.05, 3.63) is 34.4 Å². The summed E-state index contributed by atoms with van der Waals surface area (Å²) >= 11 is 0. The average Bonchev–Trinajstić information content (AvgIpc) is 2.76. The van der Waals surface area contributed by atoms with Crippen molar-refractivity contribution in [1.29, 1.82) is 0 Å². The quantitative estimate of drug-likeness (QED) is 0.792. The molecule has 0 bridgehead atoms. The number of benzene rings is 1. The third kappa shape index (κ3) is 1.65. The largest absolute Gasteiger partial charge is 0.347 e. The van der Waals surface area contributed by atoms with Gasteiger partial charge in [0.25, 0.3) is 5.91 Å². The van der Waals surface area contributed by atoms with E-state index in [1.807, 2.05) is 6.92 Å². The van der Waals surface area contributed by atoms with Gasteiger partial charge >= 0.3 is 0 Å². The van der Waals surface area contributed by atoms with Gasteiger partial charge in [-0.05, 0) is 29.5 Å². The lowest BCUT2D eigenvalue weighted by Crippen LogP contribution is -2.44. The molecule has 3 nitrogen and oxygen atoms in total. The molecule has 0 spiro atoms. The van der Waals surface area contributed by atoms with Crippen LogP contribution in [0.15, 0.2) is 12.1 Å². The number of nitrogens with one attached hydrogen (secondary N) is 2. The van der Waals surface area contributed by atoms with Crippen LogP contribution in [0.1, 0.15) is 52.7 Å². The van der Waals surface area contributed by atoms with E-state index in [0.29, 0.717) is 11.8 Å². The van der Waals surface area contributed by atoms with E-state index in [9.17, 15) is 4.79 Å². The van der Waals surface area contributed by atoms with E-state index in [4.69, 9.17) is 0 Å². The minimum Gasteiger partial charge on any atom is -0.347 e. The van der Waals surface area contributed by atoms with E-state index in [0.717, 1.165) is 24.2 Å². The molecule has 2 atom stereocenters.